The summed E-state index contributed by atoms with van der Waals surface area (Å²) in [6.07, 6.45) is 3.71. The highest BCUT2D eigenvalue weighted by atomic mass is 19.1. The fraction of sp³-hybridized carbons (Fsp3) is 0.647. The van der Waals surface area contributed by atoms with Gasteiger partial charge in [0.1, 0.15) is 18.2 Å². The topological polar surface area (TPSA) is 24.5 Å². The van der Waals surface area contributed by atoms with Crippen molar-refractivity contribution in [2.75, 3.05) is 27.2 Å². The Balaban J connectivity index is 2.12. The second-order valence-corrected chi connectivity index (χ2v) is 6.09. The van der Waals surface area contributed by atoms with E-state index in [9.17, 15) is 4.39 Å². The summed E-state index contributed by atoms with van der Waals surface area (Å²) in [5.41, 5.74) is 1.52. The van der Waals surface area contributed by atoms with Crippen molar-refractivity contribution < 1.29 is 9.13 Å². The van der Waals surface area contributed by atoms with Crippen LogP contribution in [0.4, 0.5) is 4.39 Å². The van der Waals surface area contributed by atoms with E-state index in [-0.39, 0.29) is 11.9 Å². The summed E-state index contributed by atoms with van der Waals surface area (Å²) in [5, 5.41) is 3.16. The average molecular weight is 294 g/mol. The van der Waals surface area contributed by atoms with Crippen LogP contribution in [0.5, 0.6) is 5.75 Å². The standard InChI is InChI=1S/C17H27FN2O/c1-12-9-17(15(10-16(12)18)13(2)19-3)21-11-14-7-5-6-8-20(14)4/h9-10,13-14,19H,5-8,11H2,1-4H3. The highest BCUT2D eigenvalue weighted by Gasteiger charge is 2.21. The van der Waals surface area contributed by atoms with Gasteiger partial charge in [-0.15, -0.1) is 0 Å². The predicted octanol–water partition coefficient (Wildman–Crippen LogP) is 3.28. The van der Waals surface area contributed by atoms with Crippen molar-refractivity contribution in [2.45, 2.75) is 45.2 Å². The molecule has 0 spiro atoms. The molecule has 1 aromatic rings. The quantitative estimate of drug-likeness (QED) is 0.902. The second kappa shape index (κ2) is 7.23. The Morgan fingerprint density at radius 3 is 2.86 bits per heavy atom. The van der Waals surface area contributed by atoms with Crippen molar-refractivity contribution in [1.82, 2.24) is 10.2 Å². The van der Waals surface area contributed by atoms with Crippen LogP contribution in [0.25, 0.3) is 0 Å². The van der Waals surface area contributed by atoms with Crippen LogP contribution in [0.3, 0.4) is 0 Å². The van der Waals surface area contributed by atoms with Gasteiger partial charge in [0.2, 0.25) is 0 Å². The molecule has 0 bridgehead atoms. The summed E-state index contributed by atoms with van der Waals surface area (Å²) in [5.74, 6) is 0.629. The molecule has 2 atom stereocenters. The number of aryl methyl sites for hydroxylation is 1. The molecule has 21 heavy (non-hydrogen) atoms. The predicted molar refractivity (Wildman–Crippen MR) is 84.4 cm³/mol. The number of likely N-dealkylation sites (N-methyl/N-ethyl adjacent to an activating group) is 1. The van der Waals surface area contributed by atoms with E-state index in [1.165, 1.54) is 19.3 Å². The normalized spacial score (nSPS) is 21.3. The molecule has 0 aliphatic carbocycles. The highest BCUT2D eigenvalue weighted by molar-refractivity contribution is 5.40. The molecule has 1 aromatic carbocycles. The lowest BCUT2D eigenvalue weighted by atomic mass is 10.0. The first-order chi connectivity index (χ1) is 10.0. The van der Waals surface area contributed by atoms with Crippen LogP contribution in [-0.2, 0) is 0 Å². The van der Waals surface area contributed by atoms with Crippen LogP contribution in [0.1, 0.15) is 43.4 Å². The van der Waals surface area contributed by atoms with Gasteiger partial charge >= 0.3 is 0 Å². The van der Waals surface area contributed by atoms with E-state index >= 15 is 0 Å². The van der Waals surface area contributed by atoms with Crippen molar-refractivity contribution >= 4 is 0 Å². The molecule has 0 radical (unpaired) electrons. The van der Waals surface area contributed by atoms with Crippen molar-refractivity contribution in [3.05, 3.63) is 29.1 Å². The molecular formula is C17H27FN2O. The number of nitrogens with one attached hydrogen (secondary N) is 1. The average Bonchev–Trinajstić information content (AvgIpc) is 2.48. The molecule has 2 rings (SSSR count). The van der Waals surface area contributed by atoms with Crippen molar-refractivity contribution in [1.29, 1.82) is 0 Å². The van der Waals surface area contributed by atoms with E-state index in [1.54, 1.807) is 13.0 Å². The van der Waals surface area contributed by atoms with Gasteiger partial charge in [-0.05, 0) is 65.0 Å². The molecule has 1 fully saturated rings. The Labute approximate surface area is 127 Å². The summed E-state index contributed by atoms with van der Waals surface area (Å²) < 4.78 is 19.9. The zero-order valence-electron chi connectivity index (χ0n) is 13.6. The number of halogens is 1. The van der Waals surface area contributed by atoms with Crippen LogP contribution in [-0.4, -0.2) is 38.2 Å². The minimum absolute atomic E-state index is 0.0687. The molecule has 1 heterocycles. The van der Waals surface area contributed by atoms with Crippen LogP contribution < -0.4 is 10.1 Å². The Hall–Kier alpha value is -1.13. The molecule has 0 amide bonds. The molecule has 1 aliphatic heterocycles. The van der Waals surface area contributed by atoms with E-state index < -0.39 is 0 Å². The van der Waals surface area contributed by atoms with Gasteiger partial charge in [0.05, 0.1) is 0 Å². The fourth-order valence-electron chi connectivity index (χ4n) is 2.83. The Kier molecular flexibility index (Phi) is 5.59. The fourth-order valence-corrected chi connectivity index (χ4v) is 2.83. The van der Waals surface area contributed by atoms with E-state index in [1.807, 2.05) is 20.0 Å². The highest BCUT2D eigenvalue weighted by Crippen LogP contribution is 2.29. The summed E-state index contributed by atoms with van der Waals surface area (Å²) in [4.78, 5) is 2.36. The molecule has 118 valence electrons. The number of piperidine rings is 1. The van der Waals surface area contributed by atoms with Gasteiger partial charge in [0, 0.05) is 17.6 Å². The Bertz CT molecular complexity index is 478. The summed E-state index contributed by atoms with van der Waals surface area (Å²) >= 11 is 0. The van der Waals surface area contributed by atoms with Crippen molar-refractivity contribution in [3.63, 3.8) is 0 Å². The molecule has 0 saturated carbocycles. The molecule has 4 heteroatoms. The lowest BCUT2D eigenvalue weighted by molar-refractivity contribution is 0.124. The summed E-state index contributed by atoms with van der Waals surface area (Å²) in [6, 6.07) is 3.94. The first kappa shape index (κ1) is 16.2. The number of rotatable bonds is 5. The molecular weight excluding hydrogens is 267 g/mol. The molecule has 1 N–H and O–H groups in total. The first-order valence-corrected chi connectivity index (χ1v) is 7.83. The number of nitrogens with zero attached hydrogens (tertiary/aromatic N) is 1. The SMILES string of the molecule is CNC(C)c1cc(F)c(C)cc1OCC1CCCCN1C. The monoisotopic (exact) mass is 294 g/mol. The van der Waals surface area contributed by atoms with Gasteiger partial charge in [-0.1, -0.05) is 6.42 Å². The molecule has 1 saturated heterocycles. The van der Waals surface area contributed by atoms with Gasteiger partial charge in [0.25, 0.3) is 0 Å². The second-order valence-electron chi connectivity index (χ2n) is 6.09. The van der Waals surface area contributed by atoms with Gasteiger partial charge in [-0.2, -0.15) is 0 Å². The van der Waals surface area contributed by atoms with Gasteiger partial charge < -0.3 is 15.0 Å². The minimum atomic E-state index is -0.172. The lowest BCUT2D eigenvalue weighted by Crippen LogP contribution is -2.40. The summed E-state index contributed by atoms with van der Waals surface area (Å²) in [7, 11) is 4.03. The Morgan fingerprint density at radius 2 is 2.19 bits per heavy atom. The molecule has 2 unspecified atom stereocenters. The zero-order chi connectivity index (χ0) is 15.4. The molecule has 0 aromatic heterocycles. The smallest absolute Gasteiger partial charge is 0.126 e. The number of ether oxygens (including phenoxy) is 1. The first-order valence-electron chi connectivity index (χ1n) is 7.83. The third-order valence-electron chi connectivity index (χ3n) is 4.54. The van der Waals surface area contributed by atoms with E-state index in [0.717, 1.165) is 17.9 Å². The van der Waals surface area contributed by atoms with Crippen LogP contribution in [0.2, 0.25) is 0 Å². The molecule has 1 aliphatic rings. The van der Waals surface area contributed by atoms with Gasteiger partial charge in [-0.25, -0.2) is 4.39 Å². The van der Waals surface area contributed by atoms with E-state index in [4.69, 9.17) is 4.74 Å². The third kappa shape index (κ3) is 3.95. The van der Waals surface area contributed by atoms with Crippen LogP contribution in [0, 0.1) is 12.7 Å². The van der Waals surface area contributed by atoms with Crippen LogP contribution in [0.15, 0.2) is 12.1 Å². The lowest BCUT2D eigenvalue weighted by Gasteiger charge is -2.32. The molecule has 3 nitrogen and oxygen atoms in total. The van der Waals surface area contributed by atoms with E-state index in [2.05, 4.69) is 17.3 Å². The number of hydrogen-bond acceptors (Lipinski definition) is 3. The maximum atomic E-state index is 13.8. The van der Waals surface area contributed by atoms with Crippen molar-refractivity contribution in [2.24, 2.45) is 0 Å². The van der Waals surface area contributed by atoms with Crippen LogP contribution >= 0.6 is 0 Å². The third-order valence-corrected chi connectivity index (χ3v) is 4.54. The largest absolute Gasteiger partial charge is 0.492 e. The number of likely N-dealkylation sites (tertiary alicyclic amines) is 1. The maximum Gasteiger partial charge on any atom is 0.126 e. The van der Waals surface area contributed by atoms with Gasteiger partial charge in [-0.3, -0.25) is 0 Å². The number of benzene rings is 1. The maximum absolute atomic E-state index is 13.8. The zero-order valence-corrected chi connectivity index (χ0v) is 13.6. The van der Waals surface area contributed by atoms with Gasteiger partial charge in [0.15, 0.2) is 0 Å². The minimum Gasteiger partial charge on any atom is -0.492 e. The number of hydrogen-bond donors (Lipinski definition) is 1. The van der Waals surface area contributed by atoms with E-state index in [0.29, 0.717) is 18.2 Å². The Morgan fingerprint density at radius 1 is 1.43 bits per heavy atom. The summed E-state index contributed by atoms with van der Waals surface area (Å²) in [6.45, 7) is 5.60. The van der Waals surface area contributed by atoms with Crippen molar-refractivity contribution in [3.8, 4) is 5.75 Å².